The highest BCUT2D eigenvalue weighted by molar-refractivity contribution is 7.05. The Bertz CT molecular complexity index is 926. The summed E-state index contributed by atoms with van der Waals surface area (Å²) < 4.78 is 18.5. The number of guanidine groups is 1. The zero-order valence-electron chi connectivity index (χ0n) is 14.5. The largest absolute Gasteiger partial charge is 0.369 e. The summed E-state index contributed by atoms with van der Waals surface area (Å²) in [7, 11) is 1.52. The van der Waals surface area contributed by atoms with E-state index >= 15 is 0 Å². The number of aromatic nitrogens is 1. The summed E-state index contributed by atoms with van der Waals surface area (Å²) in [5.41, 5.74) is 5.51. The van der Waals surface area contributed by atoms with Gasteiger partial charge in [-0.1, -0.05) is 0 Å². The van der Waals surface area contributed by atoms with Crippen molar-refractivity contribution < 1.29 is 14.0 Å². The van der Waals surface area contributed by atoms with Crippen LogP contribution in [0.1, 0.15) is 34.3 Å². The summed E-state index contributed by atoms with van der Waals surface area (Å²) in [6, 6.07) is 5.83. The minimum absolute atomic E-state index is 0.0236. The van der Waals surface area contributed by atoms with E-state index in [0.29, 0.717) is 11.4 Å². The van der Waals surface area contributed by atoms with Crippen molar-refractivity contribution in [1.82, 2.24) is 9.27 Å². The van der Waals surface area contributed by atoms with Crippen LogP contribution in [0.3, 0.4) is 0 Å². The molecule has 1 aromatic carbocycles. The zero-order chi connectivity index (χ0) is 19.1. The fourth-order valence-corrected chi connectivity index (χ4v) is 3.29. The maximum atomic E-state index is 14.5. The van der Waals surface area contributed by atoms with Gasteiger partial charge in [-0.2, -0.15) is 4.37 Å². The number of anilines is 1. The van der Waals surface area contributed by atoms with Crippen molar-refractivity contribution in [2.24, 2.45) is 10.7 Å². The van der Waals surface area contributed by atoms with E-state index < -0.39 is 11.4 Å². The molecule has 3 N–H and O–H groups in total. The first-order valence-corrected chi connectivity index (χ1v) is 8.63. The Morgan fingerprint density at radius 1 is 1.42 bits per heavy atom. The Balaban J connectivity index is 1.93. The first-order chi connectivity index (χ1) is 12.2. The summed E-state index contributed by atoms with van der Waals surface area (Å²) in [5, 5.41) is 2.69. The molecule has 0 saturated heterocycles. The maximum absolute atomic E-state index is 14.5. The zero-order valence-corrected chi connectivity index (χ0v) is 15.4. The maximum Gasteiger partial charge on any atom is 0.275 e. The summed E-state index contributed by atoms with van der Waals surface area (Å²) in [4.78, 5) is 30.8. The van der Waals surface area contributed by atoms with Gasteiger partial charge in [-0.15, -0.1) is 0 Å². The van der Waals surface area contributed by atoms with Crippen molar-refractivity contribution in [3.05, 3.63) is 46.2 Å². The molecule has 1 unspecified atom stereocenters. The Morgan fingerprint density at radius 3 is 2.77 bits per heavy atom. The molecule has 2 heterocycles. The fraction of sp³-hybridized carbons (Fsp3) is 0.294. The topological polar surface area (TPSA) is 101 Å². The number of rotatable bonds is 3. The summed E-state index contributed by atoms with van der Waals surface area (Å²) in [6.45, 7) is 3.49. The van der Waals surface area contributed by atoms with Crippen LogP contribution in [0.4, 0.5) is 10.1 Å². The number of aliphatic imine (C=N–C) groups is 1. The average molecular weight is 375 g/mol. The van der Waals surface area contributed by atoms with Crippen molar-refractivity contribution in [3.63, 3.8) is 0 Å². The molecule has 9 heteroatoms. The molecule has 0 aliphatic carbocycles. The number of nitrogens with one attached hydrogen (secondary N) is 1. The number of halogens is 1. The molecule has 26 heavy (non-hydrogen) atoms. The first-order valence-electron chi connectivity index (χ1n) is 7.86. The Hall–Kier alpha value is -2.81. The smallest absolute Gasteiger partial charge is 0.275 e. The van der Waals surface area contributed by atoms with Crippen LogP contribution in [0.5, 0.6) is 0 Å². The van der Waals surface area contributed by atoms with Crippen LogP contribution >= 0.6 is 11.5 Å². The van der Waals surface area contributed by atoms with Gasteiger partial charge in [-0.25, -0.2) is 9.38 Å². The van der Waals surface area contributed by atoms with Crippen LogP contribution in [0.2, 0.25) is 0 Å². The second-order valence-corrected chi connectivity index (χ2v) is 7.35. The van der Waals surface area contributed by atoms with Crippen LogP contribution in [-0.2, 0) is 10.3 Å². The van der Waals surface area contributed by atoms with Crippen LogP contribution in [0.25, 0.3) is 0 Å². The summed E-state index contributed by atoms with van der Waals surface area (Å²) in [6.07, 6.45) is -0.0240. The minimum atomic E-state index is -1.14. The van der Waals surface area contributed by atoms with E-state index in [9.17, 15) is 14.0 Å². The van der Waals surface area contributed by atoms with E-state index in [0.717, 1.165) is 4.88 Å². The monoisotopic (exact) mass is 375 g/mol. The van der Waals surface area contributed by atoms with Crippen molar-refractivity contribution in [3.8, 4) is 0 Å². The number of nitrogens with zero attached hydrogens (tertiary/aromatic N) is 3. The molecule has 0 saturated carbocycles. The van der Waals surface area contributed by atoms with Crippen molar-refractivity contribution >= 4 is 35.0 Å². The number of aryl methyl sites for hydroxylation is 1. The van der Waals surface area contributed by atoms with E-state index in [1.807, 2.05) is 6.92 Å². The molecule has 136 valence electrons. The van der Waals surface area contributed by atoms with Gasteiger partial charge in [0.15, 0.2) is 5.96 Å². The van der Waals surface area contributed by atoms with Crippen LogP contribution < -0.4 is 11.1 Å². The van der Waals surface area contributed by atoms with Crippen LogP contribution in [0.15, 0.2) is 29.3 Å². The second-order valence-electron chi connectivity index (χ2n) is 6.34. The Morgan fingerprint density at radius 2 is 2.15 bits per heavy atom. The molecule has 0 radical (unpaired) electrons. The van der Waals surface area contributed by atoms with Gasteiger partial charge >= 0.3 is 0 Å². The number of amides is 2. The van der Waals surface area contributed by atoms with E-state index in [1.165, 1.54) is 41.7 Å². The van der Waals surface area contributed by atoms with Gasteiger partial charge < -0.3 is 11.1 Å². The molecule has 2 aromatic rings. The van der Waals surface area contributed by atoms with E-state index in [4.69, 9.17) is 5.73 Å². The molecule has 7 nitrogen and oxygen atoms in total. The summed E-state index contributed by atoms with van der Waals surface area (Å²) in [5.74, 6) is -1.15. The van der Waals surface area contributed by atoms with Gasteiger partial charge in [0.2, 0.25) is 5.91 Å². The van der Waals surface area contributed by atoms with E-state index in [1.54, 1.807) is 13.0 Å². The molecule has 0 fully saturated rings. The molecule has 3 rings (SSSR count). The molecular formula is C17H18FN5O2S. The highest BCUT2D eigenvalue weighted by atomic mass is 32.1. The standard InChI is InChI=1S/C17H18FN5O2S/c1-9-6-13(22-26-9)15(25)20-10-4-5-12(18)11(7-10)17(2)8-14(24)23(3)16(19)21-17/h4-7H,8H2,1-3H3,(H2,19,21)(H,20,25). The lowest BCUT2D eigenvalue weighted by molar-refractivity contribution is -0.128. The molecular weight excluding hydrogens is 357 g/mol. The number of hydrogen-bond acceptors (Lipinski definition) is 6. The molecule has 1 aliphatic heterocycles. The summed E-state index contributed by atoms with van der Waals surface area (Å²) >= 11 is 1.23. The van der Waals surface area contributed by atoms with E-state index in [2.05, 4.69) is 14.7 Å². The van der Waals surface area contributed by atoms with Gasteiger partial charge in [-0.05, 0) is 49.6 Å². The van der Waals surface area contributed by atoms with Gasteiger partial charge in [0.05, 0.1) is 12.0 Å². The third-order valence-electron chi connectivity index (χ3n) is 4.24. The molecule has 1 aromatic heterocycles. The number of nitrogens with two attached hydrogens (primary N) is 1. The lowest BCUT2D eigenvalue weighted by Gasteiger charge is -2.34. The predicted octanol–water partition coefficient (Wildman–Crippen LogP) is 2.23. The number of carbonyl (C=O) groups is 2. The first kappa shape index (κ1) is 18.0. The third-order valence-corrected chi connectivity index (χ3v) is 4.93. The number of hydrogen-bond donors (Lipinski definition) is 2. The van der Waals surface area contributed by atoms with Crippen molar-refractivity contribution in [2.75, 3.05) is 12.4 Å². The quantitative estimate of drug-likeness (QED) is 0.859. The molecule has 0 bridgehead atoms. The third kappa shape index (κ3) is 3.30. The molecule has 0 spiro atoms. The fourth-order valence-electron chi connectivity index (χ4n) is 2.75. The number of carbonyl (C=O) groups excluding carboxylic acids is 2. The Labute approximate surface area is 153 Å². The number of benzene rings is 1. The van der Waals surface area contributed by atoms with Gasteiger partial charge in [0.1, 0.15) is 11.5 Å². The second kappa shape index (κ2) is 6.49. The van der Waals surface area contributed by atoms with Crippen LogP contribution in [-0.4, -0.2) is 34.1 Å². The van der Waals surface area contributed by atoms with Crippen molar-refractivity contribution in [1.29, 1.82) is 0 Å². The van der Waals surface area contributed by atoms with Gasteiger partial charge in [0, 0.05) is 23.2 Å². The molecule has 1 aliphatic rings. The minimum Gasteiger partial charge on any atom is -0.369 e. The SMILES string of the molecule is Cc1cc(C(=O)Nc2ccc(F)c(C3(C)CC(=O)N(C)C(N)=N3)c2)ns1. The molecule has 1 atom stereocenters. The highest BCUT2D eigenvalue weighted by Crippen LogP contribution is 2.35. The predicted molar refractivity (Wildman–Crippen MR) is 97.6 cm³/mol. The normalized spacial score (nSPS) is 20.1. The Kier molecular flexibility index (Phi) is 4.49. The van der Waals surface area contributed by atoms with Crippen LogP contribution in [0, 0.1) is 12.7 Å². The highest BCUT2D eigenvalue weighted by Gasteiger charge is 2.38. The van der Waals surface area contributed by atoms with Gasteiger partial charge in [0.25, 0.3) is 5.91 Å². The molecule has 2 amide bonds. The van der Waals surface area contributed by atoms with E-state index in [-0.39, 0.29) is 29.8 Å². The van der Waals surface area contributed by atoms with Crippen molar-refractivity contribution in [2.45, 2.75) is 25.8 Å². The lowest BCUT2D eigenvalue weighted by atomic mass is 9.87. The lowest BCUT2D eigenvalue weighted by Crippen LogP contribution is -2.47. The average Bonchev–Trinajstić information content (AvgIpc) is 3.01. The van der Waals surface area contributed by atoms with Gasteiger partial charge in [-0.3, -0.25) is 14.5 Å².